The summed E-state index contributed by atoms with van der Waals surface area (Å²) in [6.45, 7) is 6.40. The number of amides is 1. The summed E-state index contributed by atoms with van der Waals surface area (Å²) in [4.78, 5) is 42.8. The first-order valence-corrected chi connectivity index (χ1v) is 13.8. The number of carbonyl (C=O) groups excluding carboxylic acids is 2. The van der Waals surface area contributed by atoms with Gasteiger partial charge in [-0.25, -0.2) is 14.7 Å². The molecule has 6 rings (SSSR count). The summed E-state index contributed by atoms with van der Waals surface area (Å²) < 4.78 is 10.9. The van der Waals surface area contributed by atoms with E-state index in [-0.39, 0.29) is 24.5 Å². The van der Waals surface area contributed by atoms with Crippen molar-refractivity contribution in [2.75, 3.05) is 48.1 Å². The van der Waals surface area contributed by atoms with Gasteiger partial charge in [-0.2, -0.15) is 4.98 Å². The van der Waals surface area contributed by atoms with Gasteiger partial charge >= 0.3 is 5.97 Å². The number of esters is 1. The van der Waals surface area contributed by atoms with E-state index in [2.05, 4.69) is 16.7 Å². The molecule has 206 valence electrons. The second kappa shape index (κ2) is 10.7. The molecule has 4 heterocycles. The first-order valence-electron chi connectivity index (χ1n) is 13.8. The minimum atomic E-state index is -0.422. The van der Waals surface area contributed by atoms with Crippen molar-refractivity contribution in [3.8, 4) is 0 Å². The second-order valence-corrected chi connectivity index (χ2v) is 10.5. The Morgan fingerprint density at radius 2 is 1.95 bits per heavy atom. The molecular formula is C31H33N5O4. The Morgan fingerprint density at radius 1 is 1.15 bits per heavy atom. The van der Waals surface area contributed by atoms with Gasteiger partial charge in [-0.3, -0.25) is 4.79 Å². The van der Waals surface area contributed by atoms with Crippen molar-refractivity contribution >= 4 is 40.2 Å². The highest BCUT2D eigenvalue weighted by Crippen LogP contribution is 2.40. The summed E-state index contributed by atoms with van der Waals surface area (Å²) in [5.74, 6) is 1.27. The molecule has 9 heteroatoms. The molecule has 1 amide bonds. The van der Waals surface area contributed by atoms with Crippen molar-refractivity contribution < 1.29 is 19.1 Å². The summed E-state index contributed by atoms with van der Waals surface area (Å²) in [6, 6.07) is 15.3. The highest BCUT2D eigenvalue weighted by atomic mass is 16.5. The molecule has 40 heavy (non-hydrogen) atoms. The summed E-state index contributed by atoms with van der Waals surface area (Å²) in [5, 5.41) is 0.907. The molecule has 2 aromatic carbocycles. The first kappa shape index (κ1) is 26.0. The zero-order valence-corrected chi connectivity index (χ0v) is 23.0. The van der Waals surface area contributed by atoms with Gasteiger partial charge in [0.05, 0.1) is 35.6 Å². The van der Waals surface area contributed by atoms with Crippen LogP contribution in [0, 0.1) is 5.92 Å². The minimum absolute atomic E-state index is 0.0418. The van der Waals surface area contributed by atoms with Crippen molar-refractivity contribution in [2.24, 2.45) is 5.92 Å². The Hall–Kier alpha value is -4.24. The third kappa shape index (κ3) is 4.60. The number of benzene rings is 2. The lowest BCUT2D eigenvalue weighted by molar-refractivity contribution is -0.138. The number of ether oxygens (including phenoxy) is 2. The largest absolute Gasteiger partial charge is 0.462 e. The Morgan fingerprint density at radius 3 is 2.75 bits per heavy atom. The van der Waals surface area contributed by atoms with Crippen LogP contribution in [0.25, 0.3) is 10.9 Å². The molecule has 9 nitrogen and oxygen atoms in total. The molecule has 3 aliphatic rings. The monoisotopic (exact) mass is 539 g/mol. The zero-order chi connectivity index (χ0) is 27.8. The van der Waals surface area contributed by atoms with Gasteiger partial charge < -0.3 is 19.3 Å². The van der Waals surface area contributed by atoms with E-state index in [1.807, 2.05) is 61.7 Å². The Labute approximate surface area is 233 Å². The number of anilines is 3. The van der Waals surface area contributed by atoms with Crippen LogP contribution in [-0.4, -0.2) is 61.3 Å². The highest BCUT2D eigenvalue weighted by Gasteiger charge is 2.40. The molecule has 1 aromatic heterocycles. The maximum atomic E-state index is 14.2. The van der Waals surface area contributed by atoms with Crippen molar-refractivity contribution in [1.82, 2.24) is 9.97 Å². The summed E-state index contributed by atoms with van der Waals surface area (Å²) in [5.41, 5.74) is 2.49. The van der Waals surface area contributed by atoms with Crippen LogP contribution in [0.3, 0.4) is 0 Å². The molecule has 0 saturated carbocycles. The number of carbonyl (C=O) groups is 2. The van der Waals surface area contributed by atoms with E-state index in [0.29, 0.717) is 29.3 Å². The number of nitrogens with zero attached hydrogens (tertiary/aromatic N) is 5. The van der Waals surface area contributed by atoms with Crippen molar-refractivity contribution in [2.45, 2.75) is 32.7 Å². The fourth-order valence-corrected chi connectivity index (χ4v) is 5.71. The lowest BCUT2D eigenvalue weighted by Crippen LogP contribution is -2.48. The molecule has 0 N–H and O–H groups in total. The molecule has 1 fully saturated rings. The van der Waals surface area contributed by atoms with Crippen LogP contribution in [-0.2, 0) is 14.3 Å². The van der Waals surface area contributed by atoms with Crippen LogP contribution in [0.1, 0.15) is 37.0 Å². The maximum absolute atomic E-state index is 14.2. The Kier molecular flexibility index (Phi) is 6.98. The lowest BCUT2D eigenvalue weighted by atomic mass is 10.0. The molecule has 2 atom stereocenters. The smallest absolute Gasteiger partial charge is 0.337 e. The molecule has 1 saturated heterocycles. The Bertz CT molecular complexity index is 1530. The first-order chi connectivity index (χ1) is 19.5. The second-order valence-electron chi connectivity index (χ2n) is 10.5. The van der Waals surface area contributed by atoms with E-state index >= 15 is 0 Å². The molecule has 0 bridgehead atoms. The SMILES string of the molecule is CCOC(=O)C1=CCC(C)N2C(=C1)N(c1nc(N(C)CC3CCOC3)c3ccccc3n1)C(=O)c1ccccc12. The standard InChI is InChI=1S/C31H33N5O4/c1-4-40-30(38)22-14-13-20(2)35-26-12-8-6-10-24(26)29(37)36(27(35)17-22)31-32-25-11-7-5-9-23(25)28(33-31)34(3)18-21-15-16-39-19-21/h5-12,14,17,20-21H,4,13,15-16,18-19H2,1-3H3. The zero-order valence-electron chi connectivity index (χ0n) is 23.0. The van der Waals surface area contributed by atoms with Gasteiger partial charge in [0.15, 0.2) is 0 Å². The summed E-state index contributed by atoms with van der Waals surface area (Å²) in [6.07, 6.45) is 5.21. The fraction of sp³-hybridized carbons (Fsp3) is 0.355. The molecule has 3 aromatic rings. The minimum Gasteiger partial charge on any atom is -0.462 e. The Balaban J connectivity index is 1.53. The van der Waals surface area contributed by atoms with Gasteiger partial charge in [0.25, 0.3) is 5.91 Å². The normalized spacial score (nSPS) is 20.4. The maximum Gasteiger partial charge on any atom is 0.337 e. The van der Waals surface area contributed by atoms with E-state index in [1.54, 1.807) is 17.9 Å². The number of hydrogen-bond donors (Lipinski definition) is 0. The van der Waals surface area contributed by atoms with E-state index in [1.165, 1.54) is 0 Å². The summed E-state index contributed by atoms with van der Waals surface area (Å²) in [7, 11) is 2.02. The van der Waals surface area contributed by atoms with Crippen LogP contribution < -0.4 is 14.7 Å². The van der Waals surface area contributed by atoms with Gasteiger partial charge in [-0.05, 0) is 57.0 Å². The van der Waals surface area contributed by atoms with E-state index < -0.39 is 5.97 Å². The molecular weight excluding hydrogens is 506 g/mol. The number of hydrogen-bond acceptors (Lipinski definition) is 8. The average molecular weight is 540 g/mol. The van der Waals surface area contributed by atoms with E-state index in [4.69, 9.17) is 19.4 Å². The van der Waals surface area contributed by atoms with Crippen LogP contribution in [0.5, 0.6) is 0 Å². The molecule has 0 spiro atoms. The quantitative estimate of drug-likeness (QED) is 0.417. The van der Waals surface area contributed by atoms with Crippen molar-refractivity contribution in [3.63, 3.8) is 0 Å². The topological polar surface area (TPSA) is 88.1 Å². The molecule has 3 aliphatic heterocycles. The van der Waals surface area contributed by atoms with Gasteiger partial charge in [0, 0.05) is 37.5 Å². The van der Waals surface area contributed by atoms with Crippen LogP contribution in [0.2, 0.25) is 0 Å². The van der Waals surface area contributed by atoms with Crippen LogP contribution in [0.4, 0.5) is 17.5 Å². The highest BCUT2D eigenvalue weighted by molar-refractivity contribution is 6.14. The van der Waals surface area contributed by atoms with Gasteiger partial charge in [-0.1, -0.05) is 30.3 Å². The van der Waals surface area contributed by atoms with Crippen molar-refractivity contribution in [1.29, 1.82) is 0 Å². The van der Waals surface area contributed by atoms with Crippen LogP contribution in [0.15, 0.2) is 72.1 Å². The summed E-state index contributed by atoms with van der Waals surface area (Å²) >= 11 is 0. The molecule has 2 unspecified atom stereocenters. The predicted molar refractivity (Wildman–Crippen MR) is 154 cm³/mol. The van der Waals surface area contributed by atoms with E-state index in [0.717, 1.165) is 48.6 Å². The number of para-hydroxylation sites is 2. The number of fused-ring (bicyclic) bond motifs is 4. The third-order valence-electron chi connectivity index (χ3n) is 7.68. The van der Waals surface area contributed by atoms with E-state index in [9.17, 15) is 9.59 Å². The lowest BCUT2D eigenvalue weighted by Gasteiger charge is -2.41. The number of aromatic nitrogens is 2. The third-order valence-corrected chi connectivity index (χ3v) is 7.68. The fourth-order valence-electron chi connectivity index (χ4n) is 5.71. The molecule has 0 radical (unpaired) electrons. The van der Waals surface area contributed by atoms with Crippen molar-refractivity contribution in [3.05, 3.63) is 77.6 Å². The average Bonchev–Trinajstić information content (AvgIpc) is 3.41. The number of rotatable bonds is 6. The van der Waals surface area contributed by atoms with Gasteiger partial charge in [-0.15, -0.1) is 0 Å². The van der Waals surface area contributed by atoms with Gasteiger partial charge in [0.1, 0.15) is 11.6 Å². The predicted octanol–water partition coefficient (Wildman–Crippen LogP) is 4.69. The van der Waals surface area contributed by atoms with Crippen LogP contribution >= 0.6 is 0 Å². The van der Waals surface area contributed by atoms with Gasteiger partial charge in [0.2, 0.25) is 5.95 Å². The molecule has 0 aliphatic carbocycles.